The molecule has 2 atom stereocenters. The van der Waals surface area contributed by atoms with Crippen LogP contribution in [-0.4, -0.2) is 13.9 Å². The summed E-state index contributed by atoms with van der Waals surface area (Å²) in [6.07, 6.45) is -0.363. The highest BCUT2D eigenvalue weighted by atomic mass is 79.9. The van der Waals surface area contributed by atoms with Crippen molar-refractivity contribution < 1.29 is 13.2 Å². The first kappa shape index (κ1) is 12.8. The van der Waals surface area contributed by atoms with Gasteiger partial charge in [0.2, 0.25) is 9.84 Å². The summed E-state index contributed by atoms with van der Waals surface area (Å²) in [4.78, 5) is 0.305. The molecule has 0 aliphatic carbocycles. The quantitative estimate of drug-likeness (QED) is 0.806. The number of rotatable bonds is 3. The standard InChI is InChI=1S/C14H11BrO3S/c15-11-8-6-10(7-9-11)13-14(18-13)19(16,17)12-4-2-1-3-5-12/h1-9,13-14H/t13-,14-/m1/s1. The van der Waals surface area contributed by atoms with Gasteiger partial charge in [-0.15, -0.1) is 0 Å². The second-order valence-corrected chi connectivity index (χ2v) is 7.28. The average Bonchev–Trinajstić information content (AvgIpc) is 3.22. The van der Waals surface area contributed by atoms with Crippen LogP contribution >= 0.6 is 15.9 Å². The highest BCUT2D eigenvalue weighted by Gasteiger charge is 2.50. The third-order valence-corrected chi connectivity index (χ3v) is 5.46. The van der Waals surface area contributed by atoms with E-state index in [0.717, 1.165) is 10.0 Å². The van der Waals surface area contributed by atoms with Gasteiger partial charge in [0.1, 0.15) is 6.10 Å². The van der Waals surface area contributed by atoms with Crippen LogP contribution in [0, 0.1) is 0 Å². The van der Waals surface area contributed by atoms with Crippen molar-refractivity contribution in [3.05, 3.63) is 64.6 Å². The van der Waals surface area contributed by atoms with Crippen LogP contribution in [0.15, 0.2) is 64.0 Å². The molecule has 0 N–H and O–H groups in total. The van der Waals surface area contributed by atoms with E-state index in [1.54, 1.807) is 30.3 Å². The summed E-state index contributed by atoms with van der Waals surface area (Å²) >= 11 is 3.35. The van der Waals surface area contributed by atoms with Crippen molar-refractivity contribution in [2.24, 2.45) is 0 Å². The van der Waals surface area contributed by atoms with Gasteiger partial charge in [-0.25, -0.2) is 8.42 Å². The van der Waals surface area contributed by atoms with Crippen LogP contribution in [0.3, 0.4) is 0 Å². The van der Waals surface area contributed by atoms with Gasteiger partial charge in [-0.1, -0.05) is 46.3 Å². The van der Waals surface area contributed by atoms with Crippen LogP contribution in [0.5, 0.6) is 0 Å². The molecular formula is C14H11BrO3S. The molecule has 1 saturated heterocycles. The minimum absolute atomic E-state index is 0.305. The Morgan fingerprint density at radius 2 is 1.58 bits per heavy atom. The number of ether oxygens (including phenoxy) is 1. The second kappa shape index (κ2) is 4.74. The highest BCUT2D eigenvalue weighted by Crippen LogP contribution is 2.44. The van der Waals surface area contributed by atoms with Crippen LogP contribution in [0.2, 0.25) is 0 Å². The van der Waals surface area contributed by atoms with E-state index < -0.39 is 15.3 Å². The number of hydrogen-bond donors (Lipinski definition) is 0. The first-order valence-electron chi connectivity index (χ1n) is 5.79. The Balaban J connectivity index is 1.85. The SMILES string of the molecule is O=S(=O)(c1ccccc1)[C@H]1O[C@@H]1c1ccc(Br)cc1. The van der Waals surface area contributed by atoms with Gasteiger partial charge >= 0.3 is 0 Å². The molecule has 2 aromatic carbocycles. The Morgan fingerprint density at radius 1 is 0.947 bits per heavy atom. The molecule has 98 valence electrons. The Kier molecular flexibility index (Phi) is 3.20. The van der Waals surface area contributed by atoms with Crippen molar-refractivity contribution in [3.63, 3.8) is 0 Å². The number of sulfone groups is 1. The summed E-state index contributed by atoms with van der Waals surface area (Å²) < 4.78 is 30.9. The van der Waals surface area contributed by atoms with Crippen LogP contribution in [-0.2, 0) is 14.6 Å². The van der Waals surface area contributed by atoms with Gasteiger partial charge in [-0.05, 0) is 29.8 Å². The van der Waals surface area contributed by atoms with E-state index in [1.807, 2.05) is 24.3 Å². The molecule has 19 heavy (non-hydrogen) atoms. The highest BCUT2D eigenvalue weighted by molar-refractivity contribution is 9.10. The summed E-state index contributed by atoms with van der Waals surface area (Å²) in [5.74, 6) is 0. The fraction of sp³-hybridized carbons (Fsp3) is 0.143. The maximum Gasteiger partial charge on any atom is 0.208 e. The van der Waals surface area contributed by atoms with E-state index >= 15 is 0 Å². The molecule has 1 heterocycles. The first-order chi connectivity index (χ1) is 9.09. The molecular weight excluding hydrogens is 328 g/mol. The van der Waals surface area contributed by atoms with Crippen molar-refractivity contribution >= 4 is 25.8 Å². The zero-order chi connectivity index (χ0) is 13.5. The predicted octanol–water partition coefficient (Wildman–Crippen LogP) is 3.32. The van der Waals surface area contributed by atoms with Gasteiger partial charge in [0, 0.05) is 4.47 Å². The minimum atomic E-state index is -3.41. The van der Waals surface area contributed by atoms with E-state index in [-0.39, 0.29) is 6.10 Å². The van der Waals surface area contributed by atoms with E-state index in [1.165, 1.54) is 0 Å². The Morgan fingerprint density at radius 3 is 2.21 bits per heavy atom. The lowest BCUT2D eigenvalue weighted by Crippen LogP contribution is -2.09. The molecule has 2 aromatic rings. The Hall–Kier alpha value is -1.17. The third-order valence-electron chi connectivity index (χ3n) is 3.03. The second-order valence-electron chi connectivity index (χ2n) is 4.33. The van der Waals surface area contributed by atoms with E-state index in [2.05, 4.69) is 15.9 Å². The summed E-state index contributed by atoms with van der Waals surface area (Å²) in [6.45, 7) is 0. The molecule has 5 heteroatoms. The summed E-state index contributed by atoms with van der Waals surface area (Å²) in [5.41, 5.74) is 0.115. The van der Waals surface area contributed by atoms with Crippen LogP contribution < -0.4 is 0 Å². The maximum atomic E-state index is 12.3. The van der Waals surface area contributed by atoms with Crippen molar-refractivity contribution in [3.8, 4) is 0 Å². The van der Waals surface area contributed by atoms with Crippen molar-refractivity contribution in [1.82, 2.24) is 0 Å². The largest absolute Gasteiger partial charge is 0.347 e. The normalized spacial score (nSPS) is 22.2. The van der Waals surface area contributed by atoms with E-state index in [4.69, 9.17) is 4.74 Å². The fourth-order valence-corrected chi connectivity index (χ4v) is 3.79. The molecule has 0 radical (unpaired) electrons. The number of halogens is 1. The van der Waals surface area contributed by atoms with E-state index in [0.29, 0.717) is 4.90 Å². The predicted molar refractivity (Wildman–Crippen MR) is 75.4 cm³/mol. The van der Waals surface area contributed by atoms with Gasteiger partial charge < -0.3 is 4.74 Å². The smallest absolute Gasteiger partial charge is 0.208 e. The zero-order valence-corrected chi connectivity index (χ0v) is 12.3. The molecule has 0 spiro atoms. The molecule has 0 amide bonds. The Labute approximate surface area is 120 Å². The number of epoxide rings is 1. The van der Waals surface area contributed by atoms with Gasteiger partial charge in [-0.3, -0.25) is 0 Å². The van der Waals surface area contributed by atoms with Crippen molar-refractivity contribution in [2.45, 2.75) is 16.4 Å². The molecule has 0 unspecified atom stereocenters. The number of benzene rings is 2. The minimum Gasteiger partial charge on any atom is -0.347 e. The summed E-state index contributed by atoms with van der Waals surface area (Å²) in [6, 6.07) is 15.9. The lowest BCUT2D eigenvalue weighted by Gasteiger charge is -2.00. The Bertz CT molecular complexity index is 680. The van der Waals surface area contributed by atoms with Crippen LogP contribution in [0.1, 0.15) is 11.7 Å². The molecule has 1 aliphatic rings. The van der Waals surface area contributed by atoms with Crippen LogP contribution in [0.25, 0.3) is 0 Å². The lowest BCUT2D eigenvalue weighted by molar-refractivity contribution is 0.399. The molecule has 1 fully saturated rings. The lowest BCUT2D eigenvalue weighted by atomic mass is 10.2. The monoisotopic (exact) mass is 338 g/mol. The third kappa shape index (κ3) is 2.45. The van der Waals surface area contributed by atoms with Gasteiger partial charge in [0.05, 0.1) is 4.90 Å². The maximum absolute atomic E-state index is 12.3. The van der Waals surface area contributed by atoms with Gasteiger partial charge in [0.15, 0.2) is 5.44 Å². The number of hydrogen-bond acceptors (Lipinski definition) is 3. The molecule has 0 bridgehead atoms. The van der Waals surface area contributed by atoms with Crippen LogP contribution in [0.4, 0.5) is 0 Å². The molecule has 3 rings (SSSR count). The summed E-state index contributed by atoms with van der Waals surface area (Å²) in [5, 5.41) is 0. The zero-order valence-electron chi connectivity index (χ0n) is 9.86. The summed E-state index contributed by atoms with van der Waals surface area (Å²) in [7, 11) is -3.41. The average molecular weight is 339 g/mol. The van der Waals surface area contributed by atoms with Gasteiger partial charge in [-0.2, -0.15) is 0 Å². The van der Waals surface area contributed by atoms with Crippen molar-refractivity contribution in [1.29, 1.82) is 0 Å². The molecule has 1 aliphatic heterocycles. The molecule has 3 nitrogen and oxygen atoms in total. The topological polar surface area (TPSA) is 46.7 Å². The fourth-order valence-electron chi connectivity index (χ4n) is 1.97. The van der Waals surface area contributed by atoms with Gasteiger partial charge in [0.25, 0.3) is 0 Å². The van der Waals surface area contributed by atoms with Crippen molar-refractivity contribution in [2.75, 3.05) is 0 Å². The van der Waals surface area contributed by atoms with E-state index in [9.17, 15) is 8.42 Å². The first-order valence-corrected chi connectivity index (χ1v) is 8.13. The molecule has 0 aromatic heterocycles. The molecule has 0 saturated carbocycles.